The molecule has 13 heavy (non-hydrogen) atoms. The summed E-state index contributed by atoms with van der Waals surface area (Å²) in [5.74, 6) is 1.38. The lowest BCUT2D eigenvalue weighted by atomic mass is 9.91. The molecule has 0 aromatic carbocycles. The molecule has 2 rings (SSSR count). The molecular formula is C10H16N2O. The van der Waals surface area contributed by atoms with Crippen LogP contribution in [0.3, 0.4) is 0 Å². The Morgan fingerprint density at radius 3 is 2.38 bits per heavy atom. The fraction of sp³-hybridized carbons (Fsp3) is 0.800. The van der Waals surface area contributed by atoms with Crippen LogP contribution in [0.4, 0.5) is 0 Å². The van der Waals surface area contributed by atoms with Gasteiger partial charge in [-0.3, -0.25) is 0 Å². The maximum Gasteiger partial charge on any atom is 0.229 e. The third-order valence-electron chi connectivity index (χ3n) is 2.83. The molecule has 0 unspecified atom stereocenters. The quantitative estimate of drug-likeness (QED) is 0.667. The second kappa shape index (κ2) is 4.40. The average Bonchev–Trinajstić information content (AvgIpc) is 2.55. The van der Waals surface area contributed by atoms with Gasteiger partial charge >= 0.3 is 0 Å². The van der Waals surface area contributed by atoms with E-state index in [9.17, 15) is 0 Å². The molecule has 1 heterocycles. The van der Waals surface area contributed by atoms with Crippen molar-refractivity contribution in [1.82, 2.24) is 10.1 Å². The highest BCUT2D eigenvalue weighted by atomic mass is 16.5. The number of rotatable bonds is 1. The van der Waals surface area contributed by atoms with E-state index in [0.29, 0.717) is 5.92 Å². The Labute approximate surface area is 78.5 Å². The van der Waals surface area contributed by atoms with E-state index in [2.05, 4.69) is 10.1 Å². The predicted octanol–water partition coefficient (Wildman–Crippen LogP) is 2.90. The molecule has 0 amide bonds. The van der Waals surface area contributed by atoms with Crippen LogP contribution in [0.1, 0.15) is 56.8 Å². The third kappa shape index (κ3) is 2.29. The summed E-state index contributed by atoms with van der Waals surface area (Å²) in [6.45, 7) is 0. The molecule has 3 nitrogen and oxygen atoms in total. The molecule has 1 saturated carbocycles. The monoisotopic (exact) mass is 180 g/mol. The van der Waals surface area contributed by atoms with Crippen molar-refractivity contribution in [3.05, 3.63) is 12.2 Å². The molecule has 0 spiro atoms. The largest absolute Gasteiger partial charge is 0.339 e. The lowest BCUT2D eigenvalue weighted by Gasteiger charge is -2.15. The summed E-state index contributed by atoms with van der Waals surface area (Å²) in [5, 5.41) is 3.67. The van der Waals surface area contributed by atoms with Crippen LogP contribution < -0.4 is 0 Å². The van der Waals surface area contributed by atoms with Crippen LogP contribution in [0.2, 0.25) is 0 Å². The molecule has 1 fully saturated rings. The van der Waals surface area contributed by atoms with Gasteiger partial charge in [0.05, 0.1) is 0 Å². The first kappa shape index (κ1) is 8.73. The van der Waals surface area contributed by atoms with Crippen LogP contribution in [0.5, 0.6) is 0 Å². The molecule has 0 radical (unpaired) electrons. The average molecular weight is 180 g/mol. The minimum absolute atomic E-state index is 0.530. The van der Waals surface area contributed by atoms with Crippen LogP contribution in [-0.4, -0.2) is 10.1 Å². The predicted molar refractivity (Wildman–Crippen MR) is 49.4 cm³/mol. The zero-order chi connectivity index (χ0) is 8.93. The van der Waals surface area contributed by atoms with E-state index < -0.39 is 0 Å². The molecule has 72 valence electrons. The van der Waals surface area contributed by atoms with Gasteiger partial charge in [-0.2, -0.15) is 4.98 Å². The van der Waals surface area contributed by atoms with E-state index in [0.717, 1.165) is 5.89 Å². The standard InChI is InChI=1S/C10H16N2O/c1-2-4-6-9(7-5-3-1)10-11-8-12-13-10/h8-9H,1-7H2. The van der Waals surface area contributed by atoms with Crippen molar-refractivity contribution >= 4 is 0 Å². The van der Waals surface area contributed by atoms with E-state index in [1.54, 1.807) is 0 Å². The lowest BCUT2D eigenvalue weighted by molar-refractivity contribution is 0.322. The molecule has 1 aromatic rings. The first-order chi connectivity index (χ1) is 6.47. The van der Waals surface area contributed by atoms with Crippen molar-refractivity contribution < 1.29 is 4.52 Å². The van der Waals surface area contributed by atoms with Crippen molar-refractivity contribution in [1.29, 1.82) is 0 Å². The fourth-order valence-electron chi connectivity index (χ4n) is 2.06. The van der Waals surface area contributed by atoms with Gasteiger partial charge in [0.2, 0.25) is 5.89 Å². The summed E-state index contributed by atoms with van der Waals surface area (Å²) in [6, 6.07) is 0. The van der Waals surface area contributed by atoms with Gasteiger partial charge in [-0.1, -0.05) is 37.3 Å². The summed E-state index contributed by atoms with van der Waals surface area (Å²) >= 11 is 0. The highest BCUT2D eigenvalue weighted by Gasteiger charge is 2.17. The van der Waals surface area contributed by atoms with E-state index in [1.807, 2.05) is 0 Å². The van der Waals surface area contributed by atoms with Gasteiger partial charge < -0.3 is 4.52 Å². The molecule has 3 heteroatoms. The molecule has 0 aliphatic heterocycles. The first-order valence-corrected chi connectivity index (χ1v) is 5.23. The van der Waals surface area contributed by atoms with Crippen molar-refractivity contribution in [2.75, 3.05) is 0 Å². The highest BCUT2D eigenvalue weighted by Crippen LogP contribution is 2.29. The summed E-state index contributed by atoms with van der Waals surface area (Å²) in [5.41, 5.74) is 0. The van der Waals surface area contributed by atoms with Crippen molar-refractivity contribution in [2.24, 2.45) is 0 Å². The second-order valence-corrected chi connectivity index (χ2v) is 3.82. The Bertz CT molecular complexity index is 225. The number of hydrogen-bond acceptors (Lipinski definition) is 3. The molecule has 0 atom stereocenters. The fourth-order valence-corrected chi connectivity index (χ4v) is 2.06. The Morgan fingerprint density at radius 1 is 1.08 bits per heavy atom. The van der Waals surface area contributed by atoms with Gasteiger partial charge in [0.15, 0.2) is 6.33 Å². The van der Waals surface area contributed by atoms with E-state index in [-0.39, 0.29) is 0 Å². The van der Waals surface area contributed by atoms with Gasteiger partial charge in [0.1, 0.15) is 0 Å². The lowest BCUT2D eigenvalue weighted by Crippen LogP contribution is -2.02. The minimum atomic E-state index is 0.530. The van der Waals surface area contributed by atoms with Crippen LogP contribution in [-0.2, 0) is 0 Å². The summed E-state index contributed by atoms with van der Waals surface area (Å²) < 4.78 is 5.11. The first-order valence-electron chi connectivity index (χ1n) is 5.23. The second-order valence-electron chi connectivity index (χ2n) is 3.82. The van der Waals surface area contributed by atoms with Gasteiger partial charge in [-0.25, -0.2) is 0 Å². The smallest absolute Gasteiger partial charge is 0.229 e. The minimum Gasteiger partial charge on any atom is -0.339 e. The highest BCUT2D eigenvalue weighted by molar-refractivity contribution is 4.89. The maximum atomic E-state index is 5.11. The van der Waals surface area contributed by atoms with Gasteiger partial charge in [-0.15, -0.1) is 0 Å². The normalized spacial score (nSPS) is 20.9. The Kier molecular flexibility index (Phi) is 2.95. The summed E-state index contributed by atoms with van der Waals surface area (Å²) in [4.78, 5) is 4.13. The maximum absolute atomic E-state index is 5.11. The molecular weight excluding hydrogens is 164 g/mol. The van der Waals surface area contributed by atoms with E-state index in [4.69, 9.17) is 4.52 Å². The third-order valence-corrected chi connectivity index (χ3v) is 2.83. The van der Waals surface area contributed by atoms with Crippen molar-refractivity contribution in [3.8, 4) is 0 Å². The Balaban J connectivity index is 1.96. The Morgan fingerprint density at radius 2 is 1.77 bits per heavy atom. The zero-order valence-electron chi connectivity index (χ0n) is 7.91. The molecule has 0 N–H and O–H groups in total. The number of aromatic nitrogens is 2. The number of hydrogen-bond donors (Lipinski definition) is 0. The van der Waals surface area contributed by atoms with Crippen molar-refractivity contribution in [3.63, 3.8) is 0 Å². The van der Waals surface area contributed by atoms with Crippen molar-refractivity contribution in [2.45, 2.75) is 50.9 Å². The molecule has 1 aliphatic carbocycles. The van der Waals surface area contributed by atoms with Gasteiger partial charge in [0.25, 0.3) is 0 Å². The number of nitrogens with zero attached hydrogens (tertiary/aromatic N) is 2. The van der Waals surface area contributed by atoms with Crippen LogP contribution >= 0.6 is 0 Å². The SMILES string of the molecule is c1noc(C2CCCCCCC2)n1. The van der Waals surface area contributed by atoms with Crippen LogP contribution in [0.15, 0.2) is 10.9 Å². The zero-order valence-corrected chi connectivity index (χ0v) is 7.91. The van der Waals surface area contributed by atoms with Crippen LogP contribution in [0.25, 0.3) is 0 Å². The summed E-state index contributed by atoms with van der Waals surface area (Å²) in [6.07, 6.45) is 10.7. The van der Waals surface area contributed by atoms with E-state index in [1.165, 1.54) is 51.3 Å². The molecule has 1 aliphatic rings. The van der Waals surface area contributed by atoms with Crippen LogP contribution in [0, 0.1) is 0 Å². The summed E-state index contributed by atoms with van der Waals surface area (Å²) in [7, 11) is 0. The van der Waals surface area contributed by atoms with Gasteiger partial charge in [-0.05, 0) is 12.8 Å². The Hall–Kier alpha value is -0.860. The molecule has 0 saturated heterocycles. The topological polar surface area (TPSA) is 38.9 Å². The molecule has 0 bridgehead atoms. The van der Waals surface area contributed by atoms with E-state index >= 15 is 0 Å². The molecule has 1 aromatic heterocycles. The van der Waals surface area contributed by atoms with Gasteiger partial charge in [0, 0.05) is 5.92 Å².